The summed E-state index contributed by atoms with van der Waals surface area (Å²) in [6, 6.07) is 6.11. The van der Waals surface area contributed by atoms with Crippen molar-refractivity contribution in [2.75, 3.05) is 18.0 Å². The molecule has 0 radical (unpaired) electrons. The zero-order valence-corrected chi connectivity index (χ0v) is 12.9. The largest absolute Gasteiger partial charge is 0.353 e. The number of hydrogen-bond donors (Lipinski definition) is 1. The van der Waals surface area contributed by atoms with Crippen molar-refractivity contribution in [3.05, 3.63) is 46.5 Å². The molecule has 21 heavy (non-hydrogen) atoms. The Morgan fingerprint density at radius 1 is 1.52 bits per heavy atom. The molecule has 0 spiro atoms. The summed E-state index contributed by atoms with van der Waals surface area (Å²) in [5.74, 6) is 0.247. The van der Waals surface area contributed by atoms with Crippen LogP contribution in [0.1, 0.15) is 18.9 Å². The fourth-order valence-corrected chi connectivity index (χ4v) is 3.60. The molecule has 1 saturated heterocycles. The Morgan fingerprint density at radius 2 is 2.43 bits per heavy atom. The van der Waals surface area contributed by atoms with E-state index < -0.39 is 0 Å². The van der Waals surface area contributed by atoms with Crippen molar-refractivity contribution >= 4 is 17.2 Å². The van der Waals surface area contributed by atoms with Crippen LogP contribution in [0.2, 0.25) is 0 Å². The number of anilines is 1. The summed E-state index contributed by atoms with van der Waals surface area (Å²) in [4.78, 5) is 6.19. The first kappa shape index (κ1) is 14.5. The second kappa shape index (κ2) is 6.54. The van der Waals surface area contributed by atoms with Crippen LogP contribution >= 0.6 is 11.3 Å². The molecule has 1 aliphatic rings. The zero-order chi connectivity index (χ0) is 14.7. The number of hydrogen-bond acceptors (Lipinski definition) is 4. The predicted molar refractivity (Wildman–Crippen MR) is 85.4 cm³/mol. The van der Waals surface area contributed by atoms with Gasteiger partial charge in [0, 0.05) is 31.4 Å². The van der Waals surface area contributed by atoms with Crippen LogP contribution in [0, 0.1) is 5.82 Å². The minimum Gasteiger partial charge on any atom is -0.353 e. The van der Waals surface area contributed by atoms with Gasteiger partial charge in [-0.2, -0.15) is 11.3 Å². The summed E-state index contributed by atoms with van der Waals surface area (Å²) >= 11 is 1.74. The van der Waals surface area contributed by atoms with Crippen LogP contribution in [-0.2, 0) is 6.42 Å². The Morgan fingerprint density at radius 3 is 3.19 bits per heavy atom. The van der Waals surface area contributed by atoms with E-state index in [1.165, 1.54) is 11.6 Å². The van der Waals surface area contributed by atoms with Gasteiger partial charge in [-0.25, -0.2) is 9.37 Å². The molecule has 2 atom stereocenters. The van der Waals surface area contributed by atoms with Crippen molar-refractivity contribution in [3.63, 3.8) is 0 Å². The van der Waals surface area contributed by atoms with Crippen LogP contribution in [-0.4, -0.2) is 30.2 Å². The van der Waals surface area contributed by atoms with Gasteiger partial charge in [0.25, 0.3) is 0 Å². The van der Waals surface area contributed by atoms with E-state index in [0.717, 1.165) is 25.9 Å². The summed E-state index contributed by atoms with van der Waals surface area (Å²) in [5, 5.41) is 7.96. The molecule has 0 aromatic carbocycles. The van der Waals surface area contributed by atoms with E-state index in [4.69, 9.17) is 0 Å². The second-order valence-electron chi connectivity index (χ2n) is 5.64. The van der Waals surface area contributed by atoms with Crippen LogP contribution < -0.4 is 10.2 Å². The molecule has 0 unspecified atom stereocenters. The first-order chi connectivity index (χ1) is 10.2. The van der Waals surface area contributed by atoms with Gasteiger partial charge in [0.1, 0.15) is 0 Å². The summed E-state index contributed by atoms with van der Waals surface area (Å²) in [5.41, 5.74) is 1.38. The highest BCUT2D eigenvalue weighted by Gasteiger charge is 2.26. The molecule has 0 amide bonds. The van der Waals surface area contributed by atoms with Gasteiger partial charge < -0.3 is 10.2 Å². The smallest absolute Gasteiger partial charge is 0.165 e. The summed E-state index contributed by atoms with van der Waals surface area (Å²) in [7, 11) is 0. The minimum atomic E-state index is -0.232. The Balaban J connectivity index is 1.54. The van der Waals surface area contributed by atoms with Crippen molar-refractivity contribution < 1.29 is 4.39 Å². The second-order valence-corrected chi connectivity index (χ2v) is 6.42. The van der Waals surface area contributed by atoms with Gasteiger partial charge >= 0.3 is 0 Å². The van der Waals surface area contributed by atoms with Crippen LogP contribution in [0.4, 0.5) is 10.2 Å². The van der Waals surface area contributed by atoms with Gasteiger partial charge in [-0.15, -0.1) is 0 Å². The summed E-state index contributed by atoms with van der Waals surface area (Å²) < 4.78 is 13.8. The number of rotatable bonds is 5. The maximum atomic E-state index is 13.8. The number of aromatic nitrogens is 1. The van der Waals surface area contributed by atoms with E-state index >= 15 is 0 Å². The quantitative estimate of drug-likeness (QED) is 0.920. The zero-order valence-electron chi connectivity index (χ0n) is 12.1. The predicted octanol–water partition coefficient (Wildman–Crippen LogP) is 3.08. The normalized spacial score (nSPS) is 19.9. The van der Waals surface area contributed by atoms with Crippen LogP contribution in [0.25, 0.3) is 0 Å². The highest BCUT2D eigenvalue weighted by molar-refractivity contribution is 7.07. The molecule has 2 aromatic heterocycles. The highest BCUT2D eigenvalue weighted by Crippen LogP contribution is 2.21. The number of halogens is 1. The monoisotopic (exact) mass is 305 g/mol. The van der Waals surface area contributed by atoms with Gasteiger partial charge in [0.2, 0.25) is 0 Å². The number of thiophene rings is 1. The lowest BCUT2D eigenvalue weighted by Crippen LogP contribution is -2.39. The Bertz CT molecular complexity index is 573. The average molecular weight is 305 g/mol. The lowest BCUT2D eigenvalue weighted by Gasteiger charge is -2.21. The van der Waals surface area contributed by atoms with E-state index in [1.54, 1.807) is 23.6 Å². The third-order valence-electron chi connectivity index (χ3n) is 3.87. The molecule has 3 nitrogen and oxygen atoms in total. The Labute approximate surface area is 128 Å². The Hall–Kier alpha value is -1.46. The third-order valence-corrected chi connectivity index (χ3v) is 4.60. The topological polar surface area (TPSA) is 28.2 Å². The molecule has 1 aliphatic heterocycles. The van der Waals surface area contributed by atoms with Crippen LogP contribution in [0.15, 0.2) is 35.2 Å². The number of nitrogens with one attached hydrogen (secondary N) is 1. The maximum Gasteiger partial charge on any atom is 0.165 e. The van der Waals surface area contributed by atoms with Crippen molar-refractivity contribution in [3.8, 4) is 0 Å². The lowest BCUT2D eigenvalue weighted by molar-refractivity contribution is 0.466. The first-order valence-electron chi connectivity index (χ1n) is 7.35. The van der Waals surface area contributed by atoms with Gasteiger partial charge in [-0.1, -0.05) is 0 Å². The van der Waals surface area contributed by atoms with Gasteiger partial charge in [0.05, 0.1) is 0 Å². The van der Waals surface area contributed by atoms with Gasteiger partial charge in [-0.3, -0.25) is 0 Å². The molecule has 112 valence electrons. The number of pyridine rings is 1. The fraction of sp³-hybridized carbons (Fsp3) is 0.438. The molecule has 5 heteroatoms. The average Bonchev–Trinajstić information content (AvgIpc) is 3.11. The highest BCUT2D eigenvalue weighted by atomic mass is 32.1. The van der Waals surface area contributed by atoms with E-state index in [-0.39, 0.29) is 5.82 Å². The minimum absolute atomic E-state index is 0.232. The third kappa shape index (κ3) is 3.60. The molecule has 3 heterocycles. The maximum absolute atomic E-state index is 13.8. The molecule has 1 fully saturated rings. The molecule has 2 aromatic rings. The first-order valence-corrected chi connectivity index (χ1v) is 8.29. The van der Waals surface area contributed by atoms with Gasteiger partial charge in [-0.05, 0) is 54.3 Å². The number of nitrogens with zero attached hydrogens (tertiary/aromatic N) is 2. The molecule has 0 bridgehead atoms. The molecule has 3 rings (SSSR count). The molecule has 1 N–H and O–H groups in total. The summed E-state index contributed by atoms with van der Waals surface area (Å²) in [6.07, 6.45) is 3.72. The van der Waals surface area contributed by atoms with E-state index in [0.29, 0.717) is 17.9 Å². The molecule has 0 aliphatic carbocycles. The summed E-state index contributed by atoms with van der Waals surface area (Å²) in [6.45, 7) is 3.89. The standard InChI is InChI=1S/C16H20FN3S/c1-12(9-13-5-8-21-11-13)19-14-4-7-20(10-14)16-15(17)3-2-6-18-16/h2-3,5-6,8,11-12,14,19H,4,7,9-10H2,1H3/t12-,14+/m1/s1. The van der Waals surface area contributed by atoms with E-state index in [1.807, 2.05) is 4.90 Å². The molecular formula is C16H20FN3S. The Kier molecular flexibility index (Phi) is 4.51. The molecular weight excluding hydrogens is 285 g/mol. The molecule has 0 saturated carbocycles. The van der Waals surface area contributed by atoms with E-state index in [2.05, 4.69) is 34.1 Å². The van der Waals surface area contributed by atoms with Crippen molar-refractivity contribution in [2.24, 2.45) is 0 Å². The SMILES string of the molecule is C[C@H](Cc1ccsc1)N[C@H]1CCN(c2ncccc2F)C1. The van der Waals surface area contributed by atoms with Crippen LogP contribution in [0.3, 0.4) is 0 Å². The van der Waals surface area contributed by atoms with E-state index in [9.17, 15) is 4.39 Å². The fourth-order valence-electron chi connectivity index (χ4n) is 2.92. The lowest BCUT2D eigenvalue weighted by atomic mass is 10.1. The van der Waals surface area contributed by atoms with Crippen LogP contribution in [0.5, 0.6) is 0 Å². The van der Waals surface area contributed by atoms with Crippen molar-refractivity contribution in [2.45, 2.75) is 31.8 Å². The van der Waals surface area contributed by atoms with Crippen molar-refractivity contribution in [1.29, 1.82) is 0 Å². The van der Waals surface area contributed by atoms with Gasteiger partial charge in [0.15, 0.2) is 11.6 Å². The van der Waals surface area contributed by atoms with Crippen molar-refractivity contribution in [1.82, 2.24) is 10.3 Å².